The van der Waals surface area contributed by atoms with Gasteiger partial charge in [-0.25, -0.2) is 0 Å². The summed E-state index contributed by atoms with van der Waals surface area (Å²) in [5.74, 6) is 0.755. The Bertz CT molecular complexity index is 547. The Balaban J connectivity index is 1.59. The first kappa shape index (κ1) is 16.8. The van der Waals surface area contributed by atoms with E-state index in [1.807, 2.05) is 36.4 Å². The van der Waals surface area contributed by atoms with E-state index in [0.717, 1.165) is 27.5 Å². The summed E-state index contributed by atoms with van der Waals surface area (Å²) < 4.78 is 7.33. The second-order valence-corrected chi connectivity index (χ2v) is 7.29. The Kier molecular flexibility index (Phi) is 6.99. The molecule has 1 aromatic heterocycles. The van der Waals surface area contributed by atoms with Gasteiger partial charge in [0.15, 0.2) is 0 Å². The van der Waals surface area contributed by atoms with Crippen LogP contribution in [-0.4, -0.2) is 30.9 Å². The van der Waals surface area contributed by atoms with Crippen LogP contribution >= 0.6 is 38.9 Å². The van der Waals surface area contributed by atoms with Gasteiger partial charge in [-0.15, -0.1) is 11.3 Å². The number of thiophene rings is 1. The van der Waals surface area contributed by atoms with Crippen molar-refractivity contribution in [1.82, 2.24) is 5.32 Å². The predicted octanol–water partition coefficient (Wildman–Crippen LogP) is 3.74. The number of nitrogens with one attached hydrogen (secondary N) is 1. The Morgan fingerprint density at radius 2 is 2.00 bits per heavy atom. The fourth-order valence-corrected chi connectivity index (χ4v) is 3.10. The zero-order chi connectivity index (χ0) is 15.1. The molecule has 1 atom stereocenters. The minimum absolute atomic E-state index is 0.277. The van der Waals surface area contributed by atoms with Gasteiger partial charge in [-0.2, -0.15) is 0 Å². The first-order valence-corrected chi connectivity index (χ1v) is 8.63. The maximum absolute atomic E-state index is 9.85. The topological polar surface area (TPSA) is 41.5 Å². The van der Waals surface area contributed by atoms with Gasteiger partial charge in [0.2, 0.25) is 0 Å². The van der Waals surface area contributed by atoms with Crippen molar-refractivity contribution in [1.29, 1.82) is 0 Å². The van der Waals surface area contributed by atoms with Crippen LogP contribution in [0.4, 0.5) is 0 Å². The summed E-state index contributed by atoms with van der Waals surface area (Å²) in [6.45, 7) is 1.60. The number of halogens is 2. The molecule has 0 radical (unpaired) electrons. The molecular weight excluding hydrogens is 374 g/mol. The second kappa shape index (κ2) is 8.76. The Morgan fingerprint density at radius 3 is 2.67 bits per heavy atom. The number of rotatable bonds is 8. The molecule has 0 spiro atoms. The lowest BCUT2D eigenvalue weighted by Gasteiger charge is -2.13. The molecule has 3 nitrogen and oxygen atoms in total. The number of aliphatic hydroxyl groups is 1. The van der Waals surface area contributed by atoms with Crippen molar-refractivity contribution in [2.45, 2.75) is 12.5 Å². The molecule has 0 aliphatic heterocycles. The number of hydrogen-bond donors (Lipinski definition) is 2. The molecule has 0 amide bonds. The van der Waals surface area contributed by atoms with Gasteiger partial charge in [-0.3, -0.25) is 0 Å². The van der Waals surface area contributed by atoms with E-state index in [9.17, 15) is 5.11 Å². The van der Waals surface area contributed by atoms with Crippen molar-refractivity contribution in [3.63, 3.8) is 0 Å². The molecule has 0 fully saturated rings. The number of aliphatic hydroxyl groups excluding tert-OH is 1. The average Bonchev–Trinajstić information content (AvgIpc) is 2.89. The van der Waals surface area contributed by atoms with Crippen LogP contribution in [0.2, 0.25) is 4.34 Å². The first-order valence-electron chi connectivity index (χ1n) is 6.65. The third-order valence-corrected chi connectivity index (χ3v) is 4.63. The Hall–Kier alpha value is -0.590. The van der Waals surface area contributed by atoms with E-state index in [1.54, 1.807) is 11.3 Å². The smallest absolute Gasteiger partial charge is 0.119 e. The SMILES string of the molecule is OC(CNCCc1ccc(Cl)s1)COc1ccc(Br)cc1. The van der Waals surface area contributed by atoms with Crippen LogP contribution in [0.25, 0.3) is 0 Å². The van der Waals surface area contributed by atoms with Gasteiger partial charge in [-0.05, 0) is 42.8 Å². The summed E-state index contributed by atoms with van der Waals surface area (Å²) in [6.07, 6.45) is 0.387. The van der Waals surface area contributed by atoms with Crippen molar-refractivity contribution < 1.29 is 9.84 Å². The average molecular weight is 391 g/mol. The first-order chi connectivity index (χ1) is 10.1. The molecule has 1 unspecified atom stereocenters. The van der Waals surface area contributed by atoms with E-state index < -0.39 is 6.10 Å². The molecule has 2 N–H and O–H groups in total. The van der Waals surface area contributed by atoms with Gasteiger partial charge in [0.05, 0.1) is 4.34 Å². The molecule has 6 heteroatoms. The van der Waals surface area contributed by atoms with Crippen LogP contribution in [0.5, 0.6) is 5.75 Å². The zero-order valence-electron chi connectivity index (χ0n) is 11.4. The highest BCUT2D eigenvalue weighted by Crippen LogP contribution is 2.21. The predicted molar refractivity (Wildman–Crippen MR) is 91.5 cm³/mol. The monoisotopic (exact) mass is 389 g/mol. The highest BCUT2D eigenvalue weighted by molar-refractivity contribution is 9.10. The molecule has 21 heavy (non-hydrogen) atoms. The van der Waals surface area contributed by atoms with Crippen LogP contribution in [0, 0.1) is 0 Å². The highest BCUT2D eigenvalue weighted by Gasteiger charge is 2.05. The van der Waals surface area contributed by atoms with E-state index >= 15 is 0 Å². The van der Waals surface area contributed by atoms with Gasteiger partial charge in [-0.1, -0.05) is 27.5 Å². The summed E-state index contributed by atoms with van der Waals surface area (Å²) in [4.78, 5) is 1.24. The van der Waals surface area contributed by atoms with E-state index in [1.165, 1.54) is 4.88 Å². The normalized spacial score (nSPS) is 12.3. The van der Waals surface area contributed by atoms with Crippen molar-refractivity contribution in [2.75, 3.05) is 19.7 Å². The van der Waals surface area contributed by atoms with Crippen molar-refractivity contribution >= 4 is 38.9 Å². The van der Waals surface area contributed by atoms with E-state index in [4.69, 9.17) is 16.3 Å². The minimum Gasteiger partial charge on any atom is -0.491 e. The fourth-order valence-electron chi connectivity index (χ4n) is 1.75. The Labute approximate surface area is 142 Å². The molecule has 0 saturated heterocycles. The van der Waals surface area contributed by atoms with Gasteiger partial charge in [0, 0.05) is 22.4 Å². The van der Waals surface area contributed by atoms with E-state index in [2.05, 4.69) is 21.2 Å². The maximum atomic E-state index is 9.85. The molecule has 1 heterocycles. The van der Waals surface area contributed by atoms with Gasteiger partial charge >= 0.3 is 0 Å². The number of benzene rings is 1. The van der Waals surface area contributed by atoms with E-state index in [0.29, 0.717) is 6.54 Å². The second-order valence-electron chi connectivity index (χ2n) is 4.58. The van der Waals surface area contributed by atoms with Crippen LogP contribution < -0.4 is 10.1 Å². The van der Waals surface area contributed by atoms with Gasteiger partial charge in [0.1, 0.15) is 18.5 Å². The maximum Gasteiger partial charge on any atom is 0.119 e. The standard InChI is InChI=1S/C15H17BrClNO2S/c16-11-1-3-13(4-2-11)20-10-12(19)9-18-8-7-14-5-6-15(17)21-14/h1-6,12,18-19H,7-10H2. The van der Waals surface area contributed by atoms with Crippen LogP contribution in [0.1, 0.15) is 4.88 Å². The number of ether oxygens (including phenoxy) is 1. The molecular formula is C15H17BrClNO2S. The molecule has 114 valence electrons. The van der Waals surface area contributed by atoms with Crippen molar-refractivity contribution in [3.05, 3.63) is 50.1 Å². The summed E-state index contributed by atoms with van der Waals surface area (Å²) in [5, 5.41) is 13.1. The van der Waals surface area contributed by atoms with Gasteiger partial charge < -0.3 is 15.2 Å². The molecule has 0 saturated carbocycles. The molecule has 2 aromatic rings. The lowest BCUT2D eigenvalue weighted by atomic mass is 10.3. The summed E-state index contributed by atoms with van der Waals surface area (Å²) in [5.41, 5.74) is 0. The van der Waals surface area contributed by atoms with Crippen molar-refractivity contribution in [3.8, 4) is 5.75 Å². The molecule has 0 aliphatic rings. The highest BCUT2D eigenvalue weighted by atomic mass is 79.9. The molecule has 0 aliphatic carbocycles. The van der Waals surface area contributed by atoms with Gasteiger partial charge in [0.25, 0.3) is 0 Å². The summed E-state index contributed by atoms with van der Waals surface area (Å²) >= 11 is 10.8. The van der Waals surface area contributed by atoms with Crippen molar-refractivity contribution in [2.24, 2.45) is 0 Å². The third-order valence-electron chi connectivity index (χ3n) is 2.81. The minimum atomic E-state index is -0.527. The van der Waals surface area contributed by atoms with Crippen LogP contribution in [0.15, 0.2) is 40.9 Å². The lowest BCUT2D eigenvalue weighted by molar-refractivity contribution is 0.106. The quantitative estimate of drug-likeness (QED) is 0.675. The molecule has 2 rings (SSSR count). The Morgan fingerprint density at radius 1 is 1.24 bits per heavy atom. The molecule has 1 aromatic carbocycles. The van der Waals surface area contributed by atoms with E-state index in [-0.39, 0.29) is 6.61 Å². The number of hydrogen-bond acceptors (Lipinski definition) is 4. The molecule has 0 bridgehead atoms. The lowest BCUT2D eigenvalue weighted by Crippen LogP contribution is -2.32. The third kappa shape index (κ3) is 6.36. The zero-order valence-corrected chi connectivity index (χ0v) is 14.5. The van der Waals surface area contributed by atoms with Crippen LogP contribution in [0.3, 0.4) is 0 Å². The summed E-state index contributed by atoms with van der Waals surface area (Å²) in [6, 6.07) is 11.5. The summed E-state index contributed by atoms with van der Waals surface area (Å²) in [7, 11) is 0. The van der Waals surface area contributed by atoms with Crippen LogP contribution in [-0.2, 0) is 6.42 Å². The largest absolute Gasteiger partial charge is 0.491 e. The fraction of sp³-hybridized carbons (Fsp3) is 0.333.